The van der Waals surface area contributed by atoms with Crippen LogP contribution in [0.4, 0.5) is 0 Å². The highest BCUT2D eigenvalue weighted by Crippen LogP contribution is 2.36. The van der Waals surface area contributed by atoms with Crippen molar-refractivity contribution >= 4 is 11.8 Å². The fourth-order valence-electron chi connectivity index (χ4n) is 1.90. The lowest BCUT2D eigenvalue weighted by molar-refractivity contribution is 0.264. The van der Waals surface area contributed by atoms with E-state index < -0.39 is 0 Å². The first kappa shape index (κ1) is 10.1. The van der Waals surface area contributed by atoms with E-state index in [4.69, 9.17) is 5.73 Å². The molecule has 1 atom stereocenters. The van der Waals surface area contributed by atoms with Crippen molar-refractivity contribution in [1.29, 1.82) is 0 Å². The van der Waals surface area contributed by atoms with Gasteiger partial charge in [0.2, 0.25) is 0 Å². The van der Waals surface area contributed by atoms with Crippen LogP contribution in [-0.4, -0.2) is 6.26 Å². The standard InChI is InChI=1S/C12H17NS/c1-14-11-7-5-10(6-8-11)12(13)9-3-2-4-9/h5-9,12H,2-4,13H2,1H3. The predicted octanol–water partition coefficient (Wildman–Crippen LogP) is 3.21. The summed E-state index contributed by atoms with van der Waals surface area (Å²) in [7, 11) is 0. The van der Waals surface area contributed by atoms with E-state index >= 15 is 0 Å². The van der Waals surface area contributed by atoms with Crippen molar-refractivity contribution < 1.29 is 0 Å². The van der Waals surface area contributed by atoms with Crippen LogP contribution in [0.1, 0.15) is 30.9 Å². The Morgan fingerprint density at radius 2 is 1.93 bits per heavy atom. The molecule has 0 aromatic heterocycles. The van der Waals surface area contributed by atoms with Gasteiger partial charge in [0, 0.05) is 10.9 Å². The van der Waals surface area contributed by atoms with Crippen LogP contribution in [0.3, 0.4) is 0 Å². The molecule has 1 aromatic carbocycles. The molecule has 2 N–H and O–H groups in total. The summed E-state index contributed by atoms with van der Waals surface area (Å²) >= 11 is 1.78. The van der Waals surface area contributed by atoms with Crippen LogP contribution in [-0.2, 0) is 0 Å². The van der Waals surface area contributed by atoms with E-state index in [1.54, 1.807) is 11.8 Å². The Kier molecular flexibility index (Phi) is 3.14. The fourth-order valence-corrected chi connectivity index (χ4v) is 2.31. The molecule has 1 nitrogen and oxygen atoms in total. The number of thioether (sulfide) groups is 1. The molecule has 0 bridgehead atoms. The van der Waals surface area contributed by atoms with E-state index in [0.717, 1.165) is 5.92 Å². The molecule has 0 saturated heterocycles. The van der Waals surface area contributed by atoms with Crippen molar-refractivity contribution in [1.82, 2.24) is 0 Å². The molecule has 1 fully saturated rings. The Balaban J connectivity index is 2.07. The molecule has 2 rings (SSSR count). The predicted molar refractivity (Wildman–Crippen MR) is 62.5 cm³/mol. The van der Waals surface area contributed by atoms with Crippen LogP contribution in [0.5, 0.6) is 0 Å². The molecule has 0 amide bonds. The summed E-state index contributed by atoms with van der Waals surface area (Å²) in [5.41, 5.74) is 7.48. The first-order valence-electron chi connectivity index (χ1n) is 5.21. The van der Waals surface area contributed by atoms with Crippen LogP contribution < -0.4 is 5.73 Å². The van der Waals surface area contributed by atoms with E-state index in [2.05, 4.69) is 30.5 Å². The first-order chi connectivity index (χ1) is 6.81. The third-order valence-corrected chi connectivity index (χ3v) is 3.90. The van der Waals surface area contributed by atoms with E-state index in [1.807, 2.05) is 0 Å². The second kappa shape index (κ2) is 4.37. The Morgan fingerprint density at radius 3 is 2.36 bits per heavy atom. The first-order valence-corrected chi connectivity index (χ1v) is 6.43. The average molecular weight is 207 g/mol. The van der Waals surface area contributed by atoms with Gasteiger partial charge in [0.05, 0.1) is 0 Å². The van der Waals surface area contributed by atoms with Crippen molar-refractivity contribution in [3.63, 3.8) is 0 Å². The third kappa shape index (κ3) is 1.96. The zero-order valence-electron chi connectivity index (χ0n) is 8.57. The Labute approximate surface area is 90.1 Å². The van der Waals surface area contributed by atoms with E-state index in [-0.39, 0.29) is 6.04 Å². The van der Waals surface area contributed by atoms with Gasteiger partial charge in [0.1, 0.15) is 0 Å². The zero-order chi connectivity index (χ0) is 9.97. The second-order valence-corrected chi connectivity index (χ2v) is 4.87. The van der Waals surface area contributed by atoms with Gasteiger partial charge >= 0.3 is 0 Å². The van der Waals surface area contributed by atoms with E-state index in [0.29, 0.717) is 0 Å². The monoisotopic (exact) mass is 207 g/mol. The highest BCUT2D eigenvalue weighted by Gasteiger charge is 2.25. The zero-order valence-corrected chi connectivity index (χ0v) is 9.39. The number of hydrogen-bond donors (Lipinski definition) is 1. The van der Waals surface area contributed by atoms with Gasteiger partial charge in [-0.25, -0.2) is 0 Å². The summed E-state index contributed by atoms with van der Waals surface area (Å²) in [4.78, 5) is 1.31. The van der Waals surface area contributed by atoms with Gasteiger partial charge in [-0.1, -0.05) is 18.6 Å². The smallest absolute Gasteiger partial charge is 0.0323 e. The highest BCUT2D eigenvalue weighted by atomic mass is 32.2. The molecular weight excluding hydrogens is 190 g/mol. The summed E-state index contributed by atoms with van der Waals surface area (Å²) in [6.07, 6.45) is 6.08. The molecule has 1 saturated carbocycles. The molecule has 2 heteroatoms. The van der Waals surface area contributed by atoms with Crippen LogP contribution >= 0.6 is 11.8 Å². The number of hydrogen-bond acceptors (Lipinski definition) is 2. The molecular formula is C12H17NS. The lowest BCUT2D eigenvalue weighted by atomic mass is 9.78. The number of benzene rings is 1. The maximum absolute atomic E-state index is 6.19. The normalized spacial score (nSPS) is 19.0. The minimum Gasteiger partial charge on any atom is -0.324 e. The SMILES string of the molecule is CSc1ccc(C(N)C2CCC2)cc1. The van der Waals surface area contributed by atoms with E-state index in [1.165, 1.54) is 29.7 Å². The lowest BCUT2D eigenvalue weighted by Gasteiger charge is -2.31. The Bertz CT molecular complexity index is 290. The number of nitrogens with two attached hydrogens (primary N) is 1. The summed E-state index contributed by atoms with van der Waals surface area (Å²) in [6, 6.07) is 8.94. The molecule has 0 radical (unpaired) electrons. The quantitative estimate of drug-likeness (QED) is 0.770. The molecule has 0 heterocycles. The third-order valence-electron chi connectivity index (χ3n) is 3.16. The van der Waals surface area contributed by atoms with Crippen LogP contribution in [0, 0.1) is 5.92 Å². The van der Waals surface area contributed by atoms with Crippen molar-refractivity contribution in [2.75, 3.05) is 6.26 Å². The topological polar surface area (TPSA) is 26.0 Å². The molecule has 1 aliphatic carbocycles. The van der Waals surface area contributed by atoms with Crippen LogP contribution in [0.25, 0.3) is 0 Å². The van der Waals surface area contributed by atoms with Crippen molar-refractivity contribution in [3.05, 3.63) is 29.8 Å². The van der Waals surface area contributed by atoms with Crippen molar-refractivity contribution in [3.8, 4) is 0 Å². The maximum Gasteiger partial charge on any atom is 0.0323 e. The molecule has 76 valence electrons. The molecule has 1 unspecified atom stereocenters. The van der Waals surface area contributed by atoms with Gasteiger partial charge in [0.15, 0.2) is 0 Å². The van der Waals surface area contributed by atoms with Gasteiger partial charge in [-0.05, 0) is 42.7 Å². The molecule has 1 aromatic rings. The van der Waals surface area contributed by atoms with Gasteiger partial charge < -0.3 is 5.73 Å². The summed E-state index contributed by atoms with van der Waals surface area (Å²) in [5, 5.41) is 0. The molecule has 0 aliphatic heterocycles. The Morgan fingerprint density at radius 1 is 1.29 bits per heavy atom. The Hall–Kier alpha value is -0.470. The molecule has 0 spiro atoms. The average Bonchev–Trinajstić information content (AvgIpc) is 2.15. The fraction of sp³-hybridized carbons (Fsp3) is 0.500. The van der Waals surface area contributed by atoms with Gasteiger partial charge in [-0.15, -0.1) is 11.8 Å². The van der Waals surface area contributed by atoms with Gasteiger partial charge in [-0.2, -0.15) is 0 Å². The van der Waals surface area contributed by atoms with E-state index in [9.17, 15) is 0 Å². The van der Waals surface area contributed by atoms with Gasteiger partial charge in [0.25, 0.3) is 0 Å². The minimum atomic E-state index is 0.264. The second-order valence-electron chi connectivity index (χ2n) is 3.99. The summed E-state index contributed by atoms with van der Waals surface area (Å²) < 4.78 is 0. The van der Waals surface area contributed by atoms with Crippen molar-refractivity contribution in [2.24, 2.45) is 11.7 Å². The summed E-state index contributed by atoms with van der Waals surface area (Å²) in [6.45, 7) is 0. The maximum atomic E-state index is 6.19. The molecule has 14 heavy (non-hydrogen) atoms. The largest absolute Gasteiger partial charge is 0.324 e. The minimum absolute atomic E-state index is 0.264. The summed E-state index contributed by atoms with van der Waals surface area (Å²) in [5.74, 6) is 0.732. The van der Waals surface area contributed by atoms with Gasteiger partial charge in [-0.3, -0.25) is 0 Å². The highest BCUT2D eigenvalue weighted by molar-refractivity contribution is 7.98. The van der Waals surface area contributed by atoms with Crippen LogP contribution in [0.15, 0.2) is 29.2 Å². The van der Waals surface area contributed by atoms with Crippen LogP contribution in [0.2, 0.25) is 0 Å². The molecule has 1 aliphatic rings. The number of rotatable bonds is 3. The van der Waals surface area contributed by atoms with Crippen molar-refractivity contribution in [2.45, 2.75) is 30.2 Å². The lowest BCUT2D eigenvalue weighted by Crippen LogP contribution is -2.26.